The van der Waals surface area contributed by atoms with Gasteiger partial charge in [0.05, 0.1) is 17.1 Å². The highest BCUT2D eigenvalue weighted by Gasteiger charge is 2.18. The van der Waals surface area contributed by atoms with E-state index in [9.17, 15) is 4.79 Å². The minimum atomic E-state index is -0.146. The number of furan rings is 1. The van der Waals surface area contributed by atoms with Crippen LogP contribution in [0.3, 0.4) is 0 Å². The molecule has 23 heavy (non-hydrogen) atoms. The number of hydrogen-bond acceptors (Lipinski definition) is 6. The Bertz CT molecular complexity index is 895. The van der Waals surface area contributed by atoms with Crippen molar-refractivity contribution in [3.8, 4) is 11.4 Å². The first-order valence-electron chi connectivity index (χ1n) is 7.14. The van der Waals surface area contributed by atoms with Crippen molar-refractivity contribution in [3.63, 3.8) is 0 Å². The third kappa shape index (κ3) is 3.07. The standard InChI is InChI=1S/C15H17N5O2S/c1-8-7-12(21)17-13(16-8)10(3)23-15-19-18-14(20(15)4)11-5-6-22-9(11)2/h5-7,10H,1-4H3,(H,16,17,21)/t10-/m0/s1. The summed E-state index contributed by atoms with van der Waals surface area (Å²) in [5, 5.41) is 9.17. The van der Waals surface area contributed by atoms with Gasteiger partial charge in [0.2, 0.25) is 0 Å². The molecule has 1 atom stereocenters. The fraction of sp³-hybridized carbons (Fsp3) is 0.333. The molecule has 0 bridgehead atoms. The molecule has 0 amide bonds. The van der Waals surface area contributed by atoms with E-state index in [-0.39, 0.29) is 10.8 Å². The van der Waals surface area contributed by atoms with Gasteiger partial charge in [0.1, 0.15) is 11.6 Å². The summed E-state index contributed by atoms with van der Waals surface area (Å²) in [7, 11) is 1.91. The second-order valence-electron chi connectivity index (χ2n) is 5.29. The summed E-state index contributed by atoms with van der Waals surface area (Å²) in [5.41, 5.74) is 1.47. The van der Waals surface area contributed by atoms with E-state index in [2.05, 4.69) is 20.2 Å². The summed E-state index contributed by atoms with van der Waals surface area (Å²) in [6.45, 7) is 5.67. The first-order valence-corrected chi connectivity index (χ1v) is 8.02. The summed E-state index contributed by atoms with van der Waals surface area (Å²) < 4.78 is 7.23. The Morgan fingerprint density at radius 3 is 2.78 bits per heavy atom. The van der Waals surface area contributed by atoms with Crippen LogP contribution in [-0.2, 0) is 7.05 Å². The lowest BCUT2D eigenvalue weighted by molar-refractivity contribution is 0.534. The maximum atomic E-state index is 11.6. The van der Waals surface area contributed by atoms with Crippen LogP contribution < -0.4 is 5.56 Å². The van der Waals surface area contributed by atoms with E-state index in [0.29, 0.717) is 11.5 Å². The van der Waals surface area contributed by atoms with Crippen molar-refractivity contribution in [1.82, 2.24) is 24.7 Å². The van der Waals surface area contributed by atoms with Crippen LogP contribution in [-0.4, -0.2) is 24.7 Å². The molecule has 8 heteroatoms. The highest BCUT2D eigenvalue weighted by molar-refractivity contribution is 7.99. The number of aryl methyl sites for hydroxylation is 2. The molecule has 7 nitrogen and oxygen atoms in total. The fourth-order valence-corrected chi connectivity index (χ4v) is 3.15. The SMILES string of the molecule is Cc1cc(=O)[nH]c([C@H](C)Sc2nnc(-c3ccoc3C)n2C)n1. The average molecular weight is 331 g/mol. The Labute approximate surface area is 137 Å². The first-order chi connectivity index (χ1) is 11.0. The number of hydrogen-bond donors (Lipinski definition) is 1. The van der Waals surface area contributed by atoms with Crippen LogP contribution in [0.5, 0.6) is 0 Å². The molecule has 0 saturated carbocycles. The summed E-state index contributed by atoms with van der Waals surface area (Å²) >= 11 is 1.49. The van der Waals surface area contributed by atoms with E-state index in [1.165, 1.54) is 17.8 Å². The summed E-state index contributed by atoms with van der Waals surface area (Å²) in [5.74, 6) is 2.18. The maximum absolute atomic E-state index is 11.6. The van der Waals surface area contributed by atoms with Crippen molar-refractivity contribution in [1.29, 1.82) is 0 Å². The van der Waals surface area contributed by atoms with Crippen molar-refractivity contribution < 1.29 is 4.42 Å². The molecule has 3 rings (SSSR count). The Kier molecular flexibility index (Phi) is 4.08. The first kappa shape index (κ1) is 15.5. The Hall–Kier alpha value is -2.35. The molecule has 0 aliphatic heterocycles. The van der Waals surface area contributed by atoms with Gasteiger partial charge in [-0.05, 0) is 26.8 Å². The van der Waals surface area contributed by atoms with E-state index in [0.717, 1.165) is 22.3 Å². The maximum Gasteiger partial charge on any atom is 0.251 e. The van der Waals surface area contributed by atoms with Gasteiger partial charge >= 0.3 is 0 Å². The number of nitrogens with zero attached hydrogens (tertiary/aromatic N) is 4. The van der Waals surface area contributed by atoms with Gasteiger partial charge in [0.25, 0.3) is 5.56 Å². The molecule has 3 aromatic rings. The number of rotatable bonds is 4. The molecule has 0 aromatic carbocycles. The van der Waals surface area contributed by atoms with Crippen molar-refractivity contribution in [3.05, 3.63) is 46.0 Å². The van der Waals surface area contributed by atoms with E-state index in [1.54, 1.807) is 13.2 Å². The van der Waals surface area contributed by atoms with Crippen molar-refractivity contribution in [2.75, 3.05) is 0 Å². The van der Waals surface area contributed by atoms with Crippen LogP contribution in [0, 0.1) is 13.8 Å². The lowest BCUT2D eigenvalue weighted by atomic mass is 10.2. The fourth-order valence-electron chi connectivity index (χ4n) is 2.28. The number of aromatic nitrogens is 5. The van der Waals surface area contributed by atoms with Gasteiger partial charge in [-0.1, -0.05) is 11.8 Å². The number of aromatic amines is 1. The number of thioether (sulfide) groups is 1. The molecule has 0 spiro atoms. The van der Waals surface area contributed by atoms with E-state index in [4.69, 9.17) is 4.42 Å². The average Bonchev–Trinajstić information content (AvgIpc) is 3.05. The van der Waals surface area contributed by atoms with E-state index < -0.39 is 0 Å². The topological polar surface area (TPSA) is 89.6 Å². The molecule has 3 aromatic heterocycles. The minimum absolute atomic E-state index is 0.0520. The van der Waals surface area contributed by atoms with Crippen LogP contribution >= 0.6 is 11.8 Å². The lowest BCUT2D eigenvalue weighted by Crippen LogP contribution is -2.12. The van der Waals surface area contributed by atoms with Crippen molar-refractivity contribution in [2.45, 2.75) is 31.2 Å². The molecule has 0 saturated heterocycles. The molecular weight excluding hydrogens is 314 g/mol. The summed E-state index contributed by atoms with van der Waals surface area (Å²) in [6.07, 6.45) is 1.64. The van der Waals surface area contributed by atoms with Crippen LogP contribution in [0.15, 0.2) is 32.8 Å². The quantitative estimate of drug-likeness (QED) is 0.739. The molecule has 1 N–H and O–H groups in total. The minimum Gasteiger partial charge on any atom is -0.469 e. The van der Waals surface area contributed by atoms with Crippen molar-refractivity contribution >= 4 is 11.8 Å². The molecule has 3 heterocycles. The molecular formula is C15H17N5O2S. The zero-order valence-corrected chi connectivity index (χ0v) is 14.1. The van der Waals surface area contributed by atoms with Gasteiger partial charge in [-0.3, -0.25) is 4.79 Å². The van der Waals surface area contributed by atoms with E-state index >= 15 is 0 Å². The van der Waals surface area contributed by atoms with E-state index in [1.807, 2.05) is 31.5 Å². The molecule has 0 aliphatic carbocycles. The molecule has 120 valence electrons. The highest BCUT2D eigenvalue weighted by atomic mass is 32.2. The summed E-state index contributed by atoms with van der Waals surface area (Å²) in [4.78, 5) is 18.7. The van der Waals surface area contributed by atoms with Crippen LogP contribution in [0.25, 0.3) is 11.4 Å². The third-order valence-electron chi connectivity index (χ3n) is 3.49. The van der Waals surface area contributed by atoms with Crippen LogP contribution in [0.2, 0.25) is 0 Å². The van der Waals surface area contributed by atoms with Crippen LogP contribution in [0.1, 0.15) is 29.5 Å². The van der Waals surface area contributed by atoms with Gasteiger partial charge < -0.3 is 14.0 Å². The second kappa shape index (κ2) is 6.04. The van der Waals surface area contributed by atoms with Gasteiger partial charge in [-0.25, -0.2) is 4.98 Å². The van der Waals surface area contributed by atoms with Crippen molar-refractivity contribution in [2.24, 2.45) is 7.05 Å². The predicted octanol–water partition coefficient (Wildman–Crippen LogP) is 2.63. The largest absolute Gasteiger partial charge is 0.469 e. The lowest BCUT2D eigenvalue weighted by Gasteiger charge is -2.10. The zero-order valence-electron chi connectivity index (χ0n) is 13.3. The van der Waals surface area contributed by atoms with Gasteiger partial charge in [-0.15, -0.1) is 10.2 Å². The Morgan fingerprint density at radius 1 is 1.35 bits per heavy atom. The second-order valence-corrected chi connectivity index (χ2v) is 6.60. The smallest absolute Gasteiger partial charge is 0.251 e. The molecule has 0 fully saturated rings. The number of H-pyrrole nitrogens is 1. The van der Waals surface area contributed by atoms with Gasteiger partial charge in [-0.2, -0.15) is 0 Å². The molecule has 0 unspecified atom stereocenters. The van der Waals surface area contributed by atoms with Crippen LogP contribution in [0.4, 0.5) is 0 Å². The predicted molar refractivity (Wildman–Crippen MR) is 87.3 cm³/mol. The normalized spacial score (nSPS) is 12.5. The Balaban J connectivity index is 1.87. The summed E-state index contributed by atoms with van der Waals surface area (Å²) in [6, 6.07) is 3.35. The third-order valence-corrected chi connectivity index (χ3v) is 4.63. The molecule has 0 radical (unpaired) electrons. The van der Waals surface area contributed by atoms with Gasteiger partial charge in [0.15, 0.2) is 11.0 Å². The zero-order chi connectivity index (χ0) is 16.6. The Morgan fingerprint density at radius 2 is 2.13 bits per heavy atom. The number of nitrogens with one attached hydrogen (secondary N) is 1. The highest BCUT2D eigenvalue weighted by Crippen LogP contribution is 2.33. The molecule has 0 aliphatic rings. The van der Waals surface area contributed by atoms with Gasteiger partial charge in [0, 0.05) is 18.8 Å². The monoisotopic (exact) mass is 331 g/mol.